The van der Waals surface area contributed by atoms with Gasteiger partial charge >= 0.3 is 0 Å². The third-order valence-electron chi connectivity index (χ3n) is 3.87. The summed E-state index contributed by atoms with van der Waals surface area (Å²) in [5.41, 5.74) is 3.89. The van der Waals surface area contributed by atoms with Gasteiger partial charge in [0.25, 0.3) is 0 Å². The molecule has 0 saturated heterocycles. The Kier molecular flexibility index (Phi) is 3.21. The first-order valence-electron chi connectivity index (χ1n) is 6.48. The quantitative estimate of drug-likeness (QED) is 0.868. The number of nitrogens with one attached hydrogen (secondary N) is 1. The van der Waals surface area contributed by atoms with Crippen LogP contribution in [0.25, 0.3) is 0 Å². The molecule has 0 aromatic carbocycles. The summed E-state index contributed by atoms with van der Waals surface area (Å²) in [6.45, 7) is 9.70. The Balaban J connectivity index is 2.35. The molecule has 0 spiro atoms. The van der Waals surface area contributed by atoms with E-state index in [9.17, 15) is 0 Å². The van der Waals surface area contributed by atoms with E-state index in [0.717, 1.165) is 23.8 Å². The second kappa shape index (κ2) is 4.37. The molecule has 0 amide bonds. The Bertz CT molecular complexity index is 398. The number of likely N-dealkylation sites (N-methyl/N-ethyl adjacent to an activating group) is 1. The molecule has 1 aliphatic carbocycles. The highest BCUT2D eigenvalue weighted by Crippen LogP contribution is 2.46. The van der Waals surface area contributed by atoms with E-state index in [1.54, 1.807) is 0 Å². The molecule has 1 fully saturated rings. The third-order valence-corrected chi connectivity index (χ3v) is 3.87. The van der Waals surface area contributed by atoms with Gasteiger partial charge in [-0.2, -0.15) is 0 Å². The van der Waals surface area contributed by atoms with Crippen molar-refractivity contribution in [2.45, 2.75) is 51.9 Å². The van der Waals surface area contributed by atoms with E-state index < -0.39 is 0 Å². The Morgan fingerprint density at radius 1 is 1.24 bits per heavy atom. The molecule has 0 aliphatic heterocycles. The Morgan fingerprint density at radius 3 is 2.18 bits per heavy atom. The zero-order chi connectivity index (χ0) is 12.6. The molecule has 1 saturated carbocycles. The van der Waals surface area contributed by atoms with Crippen molar-refractivity contribution in [3.8, 4) is 0 Å². The lowest BCUT2D eigenvalue weighted by Crippen LogP contribution is -2.19. The van der Waals surface area contributed by atoms with Crippen molar-refractivity contribution in [1.29, 1.82) is 0 Å². The van der Waals surface area contributed by atoms with Gasteiger partial charge in [-0.3, -0.25) is 0 Å². The maximum Gasteiger partial charge on any atom is 0.134 e. The van der Waals surface area contributed by atoms with Crippen LogP contribution in [-0.2, 0) is 5.41 Å². The molecule has 1 atom stereocenters. The van der Waals surface area contributed by atoms with E-state index in [0.29, 0.717) is 5.92 Å². The number of rotatable bonds is 4. The first kappa shape index (κ1) is 12.5. The van der Waals surface area contributed by atoms with Gasteiger partial charge in [-0.1, -0.05) is 13.8 Å². The van der Waals surface area contributed by atoms with Crippen LogP contribution in [0.4, 0.5) is 0 Å². The van der Waals surface area contributed by atoms with Gasteiger partial charge in [0, 0.05) is 23.3 Å². The molecule has 3 nitrogen and oxygen atoms in total. The number of hydrogen-bond donors (Lipinski definition) is 1. The average Bonchev–Trinajstić information content (AvgIpc) is 2.97. The molecule has 1 aliphatic rings. The van der Waals surface area contributed by atoms with Gasteiger partial charge in [0.05, 0.1) is 0 Å². The molecular formula is C14H23N3. The fraction of sp³-hybridized carbons (Fsp3) is 0.714. The topological polar surface area (TPSA) is 37.8 Å². The van der Waals surface area contributed by atoms with Crippen molar-refractivity contribution >= 4 is 0 Å². The van der Waals surface area contributed by atoms with E-state index in [-0.39, 0.29) is 5.41 Å². The van der Waals surface area contributed by atoms with Crippen molar-refractivity contribution in [1.82, 2.24) is 15.3 Å². The first-order chi connectivity index (χ1) is 7.98. The molecule has 94 valence electrons. The van der Waals surface area contributed by atoms with Crippen LogP contribution in [0.5, 0.6) is 0 Å². The maximum atomic E-state index is 4.73. The molecule has 1 aromatic rings. The fourth-order valence-corrected chi connectivity index (χ4v) is 2.53. The van der Waals surface area contributed by atoms with Gasteiger partial charge in [-0.15, -0.1) is 0 Å². The van der Waals surface area contributed by atoms with Crippen LogP contribution in [-0.4, -0.2) is 23.6 Å². The highest BCUT2D eigenvalue weighted by Gasteiger charge is 2.42. The van der Waals surface area contributed by atoms with Gasteiger partial charge in [-0.25, -0.2) is 9.97 Å². The second-order valence-corrected chi connectivity index (χ2v) is 5.65. The van der Waals surface area contributed by atoms with Gasteiger partial charge in [0.2, 0.25) is 0 Å². The summed E-state index contributed by atoms with van der Waals surface area (Å²) in [4.78, 5) is 9.46. The minimum absolute atomic E-state index is 0.264. The van der Waals surface area contributed by atoms with E-state index in [1.165, 1.54) is 18.4 Å². The molecule has 0 bridgehead atoms. The lowest BCUT2D eigenvalue weighted by Gasteiger charge is -2.18. The monoisotopic (exact) mass is 233 g/mol. The zero-order valence-electron chi connectivity index (χ0n) is 11.6. The summed E-state index contributed by atoms with van der Waals surface area (Å²) in [7, 11) is 1.99. The standard InChI is InChI=1S/C14H23N3/c1-9(8-15-5)12-10(2)16-13(17-11(12)3)14(4)6-7-14/h9,15H,6-8H2,1-5H3. The van der Waals surface area contributed by atoms with Crippen molar-refractivity contribution in [2.24, 2.45) is 0 Å². The highest BCUT2D eigenvalue weighted by molar-refractivity contribution is 5.31. The molecule has 17 heavy (non-hydrogen) atoms. The van der Waals surface area contributed by atoms with Crippen molar-refractivity contribution in [3.63, 3.8) is 0 Å². The number of nitrogens with zero attached hydrogens (tertiary/aromatic N) is 2. The summed E-state index contributed by atoms with van der Waals surface area (Å²) < 4.78 is 0. The van der Waals surface area contributed by atoms with Gasteiger partial charge < -0.3 is 5.32 Å². The van der Waals surface area contributed by atoms with Crippen LogP contribution in [0.15, 0.2) is 0 Å². The van der Waals surface area contributed by atoms with Crippen molar-refractivity contribution < 1.29 is 0 Å². The van der Waals surface area contributed by atoms with Crippen LogP contribution in [0.3, 0.4) is 0 Å². The lowest BCUT2D eigenvalue weighted by atomic mass is 9.97. The van der Waals surface area contributed by atoms with E-state index in [4.69, 9.17) is 9.97 Å². The second-order valence-electron chi connectivity index (χ2n) is 5.65. The minimum atomic E-state index is 0.264. The summed E-state index contributed by atoms with van der Waals surface area (Å²) in [6.07, 6.45) is 2.47. The summed E-state index contributed by atoms with van der Waals surface area (Å²) in [5.74, 6) is 1.52. The molecule has 1 heterocycles. The Labute approximate surface area is 104 Å². The maximum absolute atomic E-state index is 4.73. The smallest absolute Gasteiger partial charge is 0.134 e. The Hall–Kier alpha value is -0.960. The fourth-order valence-electron chi connectivity index (χ4n) is 2.53. The highest BCUT2D eigenvalue weighted by atomic mass is 14.9. The summed E-state index contributed by atoms with van der Waals surface area (Å²) >= 11 is 0. The van der Waals surface area contributed by atoms with Gasteiger partial charge in [-0.05, 0) is 45.2 Å². The van der Waals surface area contributed by atoms with Crippen LogP contribution in [0.2, 0.25) is 0 Å². The molecule has 0 radical (unpaired) electrons. The van der Waals surface area contributed by atoms with Gasteiger partial charge in [0.15, 0.2) is 0 Å². The Morgan fingerprint density at radius 2 is 1.76 bits per heavy atom. The summed E-state index contributed by atoms with van der Waals surface area (Å²) in [5, 5.41) is 3.22. The number of aromatic nitrogens is 2. The van der Waals surface area contributed by atoms with E-state index in [1.807, 2.05) is 7.05 Å². The van der Waals surface area contributed by atoms with E-state index in [2.05, 4.69) is 33.0 Å². The van der Waals surface area contributed by atoms with Gasteiger partial charge in [0.1, 0.15) is 5.82 Å². The zero-order valence-corrected chi connectivity index (χ0v) is 11.6. The molecule has 3 heteroatoms. The molecule has 1 unspecified atom stereocenters. The summed E-state index contributed by atoms with van der Waals surface area (Å²) in [6, 6.07) is 0. The minimum Gasteiger partial charge on any atom is -0.319 e. The van der Waals surface area contributed by atoms with Crippen LogP contribution in [0.1, 0.15) is 55.4 Å². The lowest BCUT2D eigenvalue weighted by molar-refractivity contribution is 0.641. The molecule has 2 rings (SSSR count). The van der Waals surface area contributed by atoms with E-state index >= 15 is 0 Å². The van der Waals surface area contributed by atoms with Crippen LogP contribution >= 0.6 is 0 Å². The average molecular weight is 233 g/mol. The molecule has 1 N–H and O–H groups in total. The first-order valence-corrected chi connectivity index (χ1v) is 6.48. The normalized spacial score (nSPS) is 19.1. The predicted molar refractivity (Wildman–Crippen MR) is 70.4 cm³/mol. The number of hydrogen-bond acceptors (Lipinski definition) is 3. The SMILES string of the molecule is CNCC(C)c1c(C)nc(C2(C)CC2)nc1C. The van der Waals surface area contributed by atoms with Crippen molar-refractivity contribution in [3.05, 3.63) is 22.8 Å². The van der Waals surface area contributed by atoms with Crippen LogP contribution in [0, 0.1) is 13.8 Å². The van der Waals surface area contributed by atoms with Crippen molar-refractivity contribution in [2.75, 3.05) is 13.6 Å². The number of aryl methyl sites for hydroxylation is 2. The van der Waals surface area contributed by atoms with Crippen LogP contribution < -0.4 is 5.32 Å². The molecule has 1 aromatic heterocycles. The largest absolute Gasteiger partial charge is 0.319 e. The third kappa shape index (κ3) is 2.34. The molecular weight excluding hydrogens is 210 g/mol. The predicted octanol–water partition coefficient (Wildman–Crippen LogP) is 2.47.